The van der Waals surface area contributed by atoms with Gasteiger partial charge in [0.25, 0.3) is 5.91 Å². The van der Waals surface area contributed by atoms with E-state index in [2.05, 4.69) is 10.3 Å². The summed E-state index contributed by atoms with van der Waals surface area (Å²) in [6, 6.07) is 7.68. The molecule has 1 amide bonds. The molecule has 1 saturated carbocycles. The van der Waals surface area contributed by atoms with E-state index in [4.69, 9.17) is 4.74 Å². The first-order valence-corrected chi connectivity index (χ1v) is 10.7. The van der Waals surface area contributed by atoms with Crippen LogP contribution in [0.1, 0.15) is 56.2 Å². The van der Waals surface area contributed by atoms with Crippen LogP contribution in [0.5, 0.6) is 5.75 Å². The Morgan fingerprint density at radius 3 is 2.45 bits per heavy atom. The first-order chi connectivity index (χ1) is 14.0. The molecule has 1 saturated heterocycles. The van der Waals surface area contributed by atoms with Gasteiger partial charge in [-0.25, -0.2) is 4.68 Å². The van der Waals surface area contributed by atoms with Gasteiger partial charge in [0.15, 0.2) is 5.69 Å². The lowest BCUT2D eigenvalue weighted by Gasteiger charge is -2.44. The quantitative estimate of drug-likeness (QED) is 0.838. The normalized spacial score (nSPS) is 24.0. The lowest BCUT2D eigenvalue weighted by Crippen LogP contribution is -2.53. The van der Waals surface area contributed by atoms with E-state index < -0.39 is 0 Å². The molecule has 3 atom stereocenters. The van der Waals surface area contributed by atoms with Crippen molar-refractivity contribution in [1.82, 2.24) is 19.9 Å². The molecular weight excluding hydrogens is 368 g/mol. The average Bonchev–Trinajstić information content (AvgIpc) is 3.11. The molecule has 4 rings (SSSR count). The largest absolute Gasteiger partial charge is 0.491 e. The van der Waals surface area contributed by atoms with E-state index >= 15 is 0 Å². The number of amides is 1. The van der Waals surface area contributed by atoms with Gasteiger partial charge in [0.2, 0.25) is 0 Å². The summed E-state index contributed by atoms with van der Waals surface area (Å²) in [6.45, 7) is 7.21. The summed E-state index contributed by atoms with van der Waals surface area (Å²) in [5, 5.41) is 18.9. The van der Waals surface area contributed by atoms with E-state index in [1.807, 2.05) is 49.9 Å². The smallest absolute Gasteiger partial charge is 0.276 e. The molecule has 156 valence electrons. The number of benzene rings is 1. The monoisotopic (exact) mass is 398 g/mol. The number of ether oxygens (including phenoxy) is 1. The molecule has 1 aliphatic carbocycles. The predicted molar refractivity (Wildman–Crippen MR) is 109 cm³/mol. The molecule has 2 bridgehead atoms. The van der Waals surface area contributed by atoms with Gasteiger partial charge in [-0.1, -0.05) is 18.6 Å². The fourth-order valence-electron chi connectivity index (χ4n) is 4.65. The second kappa shape index (κ2) is 8.14. The summed E-state index contributed by atoms with van der Waals surface area (Å²) in [7, 11) is 0. The van der Waals surface area contributed by atoms with Crippen molar-refractivity contribution >= 4 is 5.91 Å². The van der Waals surface area contributed by atoms with E-state index in [-0.39, 0.29) is 30.0 Å². The Hall–Kier alpha value is -2.41. The fraction of sp³-hybridized carbons (Fsp3) is 0.591. The fourth-order valence-corrected chi connectivity index (χ4v) is 4.65. The van der Waals surface area contributed by atoms with E-state index in [1.54, 1.807) is 4.68 Å². The van der Waals surface area contributed by atoms with Gasteiger partial charge in [0.1, 0.15) is 5.75 Å². The first-order valence-electron chi connectivity index (χ1n) is 10.7. The molecule has 0 radical (unpaired) electrons. The number of nitrogens with zero attached hydrogens (tertiary/aromatic N) is 4. The zero-order valence-electron chi connectivity index (χ0n) is 17.4. The van der Waals surface area contributed by atoms with Crippen LogP contribution < -0.4 is 4.74 Å². The number of likely N-dealkylation sites (tertiary alicyclic amines) is 1. The second-order valence-corrected chi connectivity index (χ2v) is 8.46. The molecule has 2 heterocycles. The third-order valence-electron chi connectivity index (χ3n) is 6.07. The van der Waals surface area contributed by atoms with Gasteiger partial charge >= 0.3 is 0 Å². The minimum atomic E-state index is -0.277. The molecule has 2 aliphatic rings. The van der Waals surface area contributed by atoms with Crippen molar-refractivity contribution < 1.29 is 14.6 Å². The summed E-state index contributed by atoms with van der Waals surface area (Å²) in [4.78, 5) is 15.1. The maximum Gasteiger partial charge on any atom is 0.276 e. The van der Waals surface area contributed by atoms with Gasteiger partial charge in [0, 0.05) is 24.9 Å². The highest BCUT2D eigenvalue weighted by atomic mass is 16.5. The van der Waals surface area contributed by atoms with E-state index in [9.17, 15) is 9.90 Å². The number of carbonyl (C=O) groups excluding carboxylic acids is 1. The molecule has 7 nitrogen and oxygen atoms in total. The van der Waals surface area contributed by atoms with Crippen LogP contribution in [0.4, 0.5) is 0 Å². The molecule has 0 spiro atoms. The Kier molecular flexibility index (Phi) is 5.58. The molecule has 29 heavy (non-hydrogen) atoms. The highest BCUT2D eigenvalue weighted by Crippen LogP contribution is 2.35. The number of aliphatic hydroxyl groups excluding tert-OH is 1. The molecule has 2 aromatic rings. The number of piperidine rings is 1. The van der Waals surface area contributed by atoms with Crippen molar-refractivity contribution in [2.24, 2.45) is 11.8 Å². The first kappa shape index (κ1) is 19.9. The maximum atomic E-state index is 13.2. The standard InChI is InChI=1S/C22H30N4O3/c1-4-19-20(22(28)25-12-15-6-5-7-16(13-25)21(15)27)23-24-26(19)17-8-10-18(11-9-17)29-14(2)3/h8-11,14-16,21,27H,4-7,12-13H2,1-3H3/t15-,16+,21?. The average molecular weight is 399 g/mol. The highest BCUT2D eigenvalue weighted by molar-refractivity contribution is 5.93. The molecular formula is C22H30N4O3. The van der Waals surface area contributed by atoms with Crippen LogP contribution in [0.15, 0.2) is 24.3 Å². The lowest BCUT2D eigenvalue weighted by molar-refractivity contribution is -0.0414. The highest BCUT2D eigenvalue weighted by Gasteiger charge is 2.40. The minimum absolute atomic E-state index is 0.0725. The Morgan fingerprint density at radius 1 is 1.21 bits per heavy atom. The number of aromatic nitrogens is 3. The number of aliphatic hydroxyl groups is 1. The van der Waals surface area contributed by atoms with Crippen molar-refractivity contribution in [3.63, 3.8) is 0 Å². The Labute approximate surface area is 171 Å². The van der Waals surface area contributed by atoms with Gasteiger partial charge < -0.3 is 14.7 Å². The van der Waals surface area contributed by atoms with Gasteiger partial charge in [-0.05, 0) is 57.4 Å². The van der Waals surface area contributed by atoms with Crippen LogP contribution in [0, 0.1) is 11.8 Å². The van der Waals surface area contributed by atoms with Gasteiger partial charge in [-0.3, -0.25) is 4.79 Å². The van der Waals surface area contributed by atoms with Crippen LogP contribution in [0.25, 0.3) is 5.69 Å². The topological polar surface area (TPSA) is 80.5 Å². The number of hydrogen-bond acceptors (Lipinski definition) is 5. The zero-order valence-corrected chi connectivity index (χ0v) is 17.4. The summed E-state index contributed by atoms with van der Waals surface area (Å²) < 4.78 is 7.44. The van der Waals surface area contributed by atoms with Gasteiger partial charge in [-0.2, -0.15) is 0 Å². The van der Waals surface area contributed by atoms with Crippen LogP contribution in [-0.2, 0) is 6.42 Å². The summed E-state index contributed by atoms with van der Waals surface area (Å²) in [6.07, 6.45) is 3.60. The molecule has 1 aliphatic heterocycles. The summed E-state index contributed by atoms with van der Waals surface area (Å²) >= 11 is 0. The van der Waals surface area contributed by atoms with Crippen molar-refractivity contribution in [1.29, 1.82) is 0 Å². The summed E-state index contributed by atoms with van der Waals surface area (Å²) in [5.74, 6) is 1.09. The Bertz CT molecular complexity index is 847. The molecule has 7 heteroatoms. The SMILES string of the molecule is CCc1c(C(=O)N2C[C@H]3CCC[C@@H](C2)C3O)nnn1-c1ccc(OC(C)C)cc1. The molecule has 1 aromatic carbocycles. The van der Waals surface area contributed by atoms with Crippen molar-refractivity contribution in [2.75, 3.05) is 13.1 Å². The van der Waals surface area contributed by atoms with Gasteiger partial charge in [-0.15, -0.1) is 5.10 Å². The van der Waals surface area contributed by atoms with Crippen LogP contribution in [0.3, 0.4) is 0 Å². The van der Waals surface area contributed by atoms with Crippen LogP contribution in [-0.4, -0.2) is 56.2 Å². The minimum Gasteiger partial charge on any atom is -0.491 e. The van der Waals surface area contributed by atoms with Crippen molar-refractivity contribution in [2.45, 2.75) is 58.7 Å². The maximum absolute atomic E-state index is 13.2. The zero-order chi connectivity index (χ0) is 20.5. The third-order valence-corrected chi connectivity index (χ3v) is 6.07. The predicted octanol–water partition coefficient (Wildman–Crippen LogP) is 2.85. The van der Waals surface area contributed by atoms with Crippen LogP contribution >= 0.6 is 0 Å². The number of carbonyl (C=O) groups is 1. The Morgan fingerprint density at radius 2 is 1.86 bits per heavy atom. The van der Waals surface area contributed by atoms with Crippen molar-refractivity contribution in [3.05, 3.63) is 35.7 Å². The third kappa shape index (κ3) is 3.88. The summed E-state index contributed by atoms with van der Waals surface area (Å²) in [5.41, 5.74) is 2.09. The molecule has 1 N–H and O–H groups in total. The number of hydrogen-bond donors (Lipinski definition) is 1. The van der Waals surface area contributed by atoms with Crippen LogP contribution in [0.2, 0.25) is 0 Å². The number of rotatable bonds is 5. The Balaban J connectivity index is 1.56. The van der Waals surface area contributed by atoms with E-state index in [0.29, 0.717) is 25.2 Å². The second-order valence-electron chi connectivity index (χ2n) is 8.46. The molecule has 1 unspecified atom stereocenters. The molecule has 1 aromatic heterocycles. The lowest BCUT2D eigenvalue weighted by atomic mass is 9.75. The van der Waals surface area contributed by atoms with E-state index in [0.717, 1.165) is 36.4 Å². The van der Waals surface area contributed by atoms with E-state index in [1.165, 1.54) is 0 Å². The number of fused-ring (bicyclic) bond motifs is 2. The van der Waals surface area contributed by atoms with Crippen molar-refractivity contribution in [3.8, 4) is 11.4 Å². The van der Waals surface area contributed by atoms with Gasteiger partial charge in [0.05, 0.1) is 23.6 Å². The molecule has 2 fully saturated rings.